The maximum absolute atomic E-state index is 13.1. The van der Waals surface area contributed by atoms with Crippen LogP contribution >= 0.6 is 0 Å². The summed E-state index contributed by atoms with van der Waals surface area (Å²) in [6.45, 7) is 6.32. The van der Waals surface area contributed by atoms with E-state index in [4.69, 9.17) is 0 Å². The van der Waals surface area contributed by atoms with Crippen LogP contribution in [0.3, 0.4) is 0 Å². The molecule has 2 aromatic carbocycles. The second kappa shape index (κ2) is 7.60. The molecule has 0 radical (unpaired) electrons. The first-order valence-electron chi connectivity index (χ1n) is 11.0. The van der Waals surface area contributed by atoms with Crippen molar-refractivity contribution in [1.29, 1.82) is 0 Å². The first-order chi connectivity index (χ1) is 14.7. The maximum Gasteiger partial charge on any atom is 0.161 e. The number of carbonyl (C=O) groups excluding carboxylic acids is 1. The summed E-state index contributed by atoms with van der Waals surface area (Å²) in [4.78, 5) is 20.0. The molecule has 30 heavy (non-hydrogen) atoms. The second-order valence-electron chi connectivity index (χ2n) is 8.07. The Hall–Kier alpha value is -3.14. The monoisotopic (exact) mass is 397 g/mol. The Morgan fingerprint density at radius 1 is 1.03 bits per heavy atom. The Balaban J connectivity index is 1.64. The molecule has 1 aliphatic carbocycles. The van der Waals surface area contributed by atoms with Gasteiger partial charge in [0.15, 0.2) is 5.78 Å². The second-order valence-corrected chi connectivity index (χ2v) is 8.07. The van der Waals surface area contributed by atoms with Crippen LogP contribution in [-0.2, 0) is 4.79 Å². The molecule has 1 atom stereocenters. The SMILES string of the molecule is CCN(CC)c1ccc([C@@H]2Nc3ccc4ncccc4c3C3=C2C(=O)CCC3)cc1. The lowest BCUT2D eigenvalue weighted by Gasteiger charge is -2.35. The molecule has 0 saturated heterocycles. The van der Waals surface area contributed by atoms with Crippen molar-refractivity contribution in [3.05, 3.63) is 71.4 Å². The van der Waals surface area contributed by atoms with Gasteiger partial charge in [-0.1, -0.05) is 18.2 Å². The molecule has 1 N–H and O–H groups in total. The minimum Gasteiger partial charge on any atom is -0.373 e. The van der Waals surface area contributed by atoms with Crippen LogP contribution in [-0.4, -0.2) is 23.9 Å². The number of hydrogen-bond acceptors (Lipinski definition) is 4. The molecule has 0 spiro atoms. The van der Waals surface area contributed by atoms with Gasteiger partial charge >= 0.3 is 0 Å². The van der Waals surface area contributed by atoms with Crippen LogP contribution in [0.25, 0.3) is 16.5 Å². The number of Topliss-reactive ketones (excluding diaryl/α,β-unsaturated/α-hetero) is 1. The van der Waals surface area contributed by atoms with E-state index in [-0.39, 0.29) is 11.8 Å². The Labute approximate surface area is 177 Å². The highest BCUT2D eigenvalue weighted by molar-refractivity contribution is 6.12. The van der Waals surface area contributed by atoms with Gasteiger partial charge in [0.25, 0.3) is 0 Å². The lowest BCUT2D eigenvalue weighted by atomic mass is 9.77. The maximum atomic E-state index is 13.1. The highest BCUT2D eigenvalue weighted by atomic mass is 16.1. The van der Waals surface area contributed by atoms with Crippen LogP contribution in [0.5, 0.6) is 0 Å². The molecule has 0 bridgehead atoms. The number of nitrogens with one attached hydrogen (secondary N) is 1. The fourth-order valence-electron chi connectivity index (χ4n) is 5.00. The fourth-order valence-corrected chi connectivity index (χ4v) is 5.00. The van der Waals surface area contributed by atoms with E-state index in [1.54, 1.807) is 0 Å². The van der Waals surface area contributed by atoms with Gasteiger partial charge in [0.2, 0.25) is 0 Å². The molecular weight excluding hydrogens is 370 g/mol. The summed E-state index contributed by atoms with van der Waals surface area (Å²) in [5.41, 5.74) is 7.76. The first-order valence-corrected chi connectivity index (χ1v) is 11.0. The number of ketones is 1. The normalized spacial score (nSPS) is 18.1. The molecule has 2 aliphatic rings. The molecule has 0 saturated carbocycles. The predicted molar refractivity (Wildman–Crippen MR) is 124 cm³/mol. The van der Waals surface area contributed by atoms with Crippen LogP contribution in [0.4, 0.5) is 11.4 Å². The summed E-state index contributed by atoms with van der Waals surface area (Å²) in [5.74, 6) is 0.271. The third kappa shape index (κ3) is 2.98. The van der Waals surface area contributed by atoms with E-state index in [9.17, 15) is 4.79 Å². The quantitative estimate of drug-likeness (QED) is 0.608. The average molecular weight is 398 g/mol. The zero-order valence-electron chi connectivity index (χ0n) is 17.6. The molecular formula is C26H27N3O. The molecule has 152 valence electrons. The predicted octanol–water partition coefficient (Wildman–Crippen LogP) is 5.75. The van der Waals surface area contributed by atoms with Gasteiger partial charge in [-0.05, 0) is 68.2 Å². The van der Waals surface area contributed by atoms with Crippen molar-refractivity contribution >= 4 is 33.6 Å². The zero-order chi connectivity index (χ0) is 20.7. The Morgan fingerprint density at radius 2 is 1.83 bits per heavy atom. The summed E-state index contributed by atoms with van der Waals surface area (Å²) >= 11 is 0. The van der Waals surface area contributed by atoms with E-state index >= 15 is 0 Å². The number of anilines is 2. The molecule has 4 heteroatoms. The van der Waals surface area contributed by atoms with E-state index in [0.717, 1.165) is 53.7 Å². The van der Waals surface area contributed by atoms with E-state index in [0.29, 0.717) is 6.42 Å². The van der Waals surface area contributed by atoms with Gasteiger partial charge in [0.1, 0.15) is 0 Å². The van der Waals surface area contributed by atoms with Gasteiger partial charge in [-0.2, -0.15) is 0 Å². The average Bonchev–Trinajstić information content (AvgIpc) is 2.79. The molecule has 1 aliphatic heterocycles. The van der Waals surface area contributed by atoms with Crippen molar-refractivity contribution in [2.24, 2.45) is 0 Å². The third-order valence-corrected chi connectivity index (χ3v) is 6.49. The van der Waals surface area contributed by atoms with Crippen molar-refractivity contribution in [2.75, 3.05) is 23.3 Å². The number of benzene rings is 2. The zero-order valence-corrected chi connectivity index (χ0v) is 17.6. The van der Waals surface area contributed by atoms with Crippen LogP contribution in [0.15, 0.2) is 60.3 Å². The highest BCUT2D eigenvalue weighted by Crippen LogP contribution is 2.47. The van der Waals surface area contributed by atoms with Crippen LogP contribution in [0, 0.1) is 0 Å². The van der Waals surface area contributed by atoms with E-state index in [2.05, 4.69) is 71.5 Å². The minimum atomic E-state index is -0.0971. The van der Waals surface area contributed by atoms with E-state index in [1.165, 1.54) is 16.8 Å². The molecule has 5 rings (SSSR count). The number of hydrogen-bond donors (Lipinski definition) is 1. The Bertz CT molecular complexity index is 1140. The largest absolute Gasteiger partial charge is 0.373 e. The van der Waals surface area contributed by atoms with Gasteiger partial charge in [0, 0.05) is 53.6 Å². The Kier molecular flexibility index (Phi) is 4.78. The lowest BCUT2D eigenvalue weighted by Crippen LogP contribution is -2.27. The first kappa shape index (κ1) is 18.9. The van der Waals surface area contributed by atoms with Crippen molar-refractivity contribution in [1.82, 2.24) is 4.98 Å². The summed E-state index contributed by atoms with van der Waals surface area (Å²) in [6, 6.07) is 16.9. The number of rotatable bonds is 4. The minimum absolute atomic E-state index is 0.0971. The number of allylic oxidation sites excluding steroid dienone is 1. The molecule has 3 aromatic rings. The van der Waals surface area contributed by atoms with Crippen molar-refractivity contribution < 1.29 is 4.79 Å². The standard InChI is InChI=1S/C26H27N3O/c1-3-29(4-2)18-12-10-17(11-13-18)26-25-20(7-5-9-23(25)30)24-19-8-6-16-27-21(19)14-15-22(24)28-26/h6,8,10-16,26,28H,3-5,7,9H2,1-2H3/t26-/m0/s1. The molecule has 1 aromatic heterocycles. The third-order valence-electron chi connectivity index (χ3n) is 6.49. The van der Waals surface area contributed by atoms with Gasteiger partial charge in [-0.15, -0.1) is 0 Å². The molecule has 0 unspecified atom stereocenters. The number of pyridine rings is 1. The van der Waals surface area contributed by atoms with Gasteiger partial charge in [-0.3, -0.25) is 9.78 Å². The fraction of sp³-hybridized carbons (Fsp3) is 0.308. The smallest absolute Gasteiger partial charge is 0.161 e. The summed E-state index contributed by atoms with van der Waals surface area (Å²) in [5, 5.41) is 4.82. The number of nitrogens with zero attached hydrogens (tertiary/aromatic N) is 2. The summed E-state index contributed by atoms with van der Waals surface area (Å²) < 4.78 is 0. The van der Waals surface area contributed by atoms with Crippen LogP contribution in [0.2, 0.25) is 0 Å². The van der Waals surface area contributed by atoms with Crippen molar-refractivity contribution in [2.45, 2.75) is 39.2 Å². The lowest BCUT2D eigenvalue weighted by molar-refractivity contribution is -0.116. The topological polar surface area (TPSA) is 45.2 Å². The van der Waals surface area contributed by atoms with E-state index < -0.39 is 0 Å². The Morgan fingerprint density at radius 3 is 2.60 bits per heavy atom. The molecule has 2 heterocycles. The highest BCUT2D eigenvalue weighted by Gasteiger charge is 2.35. The van der Waals surface area contributed by atoms with Crippen molar-refractivity contribution in [3.8, 4) is 0 Å². The summed E-state index contributed by atoms with van der Waals surface area (Å²) in [7, 11) is 0. The molecule has 0 amide bonds. The van der Waals surface area contributed by atoms with Gasteiger partial charge < -0.3 is 10.2 Å². The van der Waals surface area contributed by atoms with Gasteiger partial charge in [0.05, 0.1) is 11.6 Å². The van der Waals surface area contributed by atoms with Crippen molar-refractivity contribution in [3.63, 3.8) is 0 Å². The van der Waals surface area contributed by atoms with E-state index in [1.807, 2.05) is 12.3 Å². The van der Waals surface area contributed by atoms with Crippen LogP contribution < -0.4 is 10.2 Å². The number of carbonyl (C=O) groups is 1. The van der Waals surface area contributed by atoms with Crippen LogP contribution in [0.1, 0.15) is 50.3 Å². The summed E-state index contributed by atoms with van der Waals surface area (Å²) in [6.07, 6.45) is 4.32. The molecule has 0 fully saturated rings. The number of fused-ring (bicyclic) bond motifs is 4. The number of aromatic nitrogens is 1. The molecule has 4 nitrogen and oxygen atoms in total. The van der Waals surface area contributed by atoms with Gasteiger partial charge in [-0.25, -0.2) is 0 Å².